The summed E-state index contributed by atoms with van der Waals surface area (Å²) in [7, 11) is -2.83. The molecule has 0 atom stereocenters. The number of para-hydroxylation sites is 1. The Morgan fingerprint density at radius 1 is 1.17 bits per heavy atom. The SMILES string of the molecule is CCCN(CC(=O)Nc1ccccc1C)S(=O)(=O)c1ccc(C(=O)OC)cc1Cl. The molecule has 0 bridgehead atoms. The number of amides is 1. The van der Waals surface area contributed by atoms with E-state index in [0.717, 1.165) is 9.87 Å². The zero-order valence-electron chi connectivity index (χ0n) is 16.4. The lowest BCUT2D eigenvalue weighted by atomic mass is 10.2. The van der Waals surface area contributed by atoms with Gasteiger partial charge in [0.25, 0.3) is 0 Å². The molecule has 0 fully saturated rings. The molecule has 0 heterocycles. The number of hydrogen-bond acceptors (Lipinski definition) is 5. The molecule has 1 N–H and O–H groups in total. The molecule has 0 aliphatic rings. The van der Waals surface area contributed by atoms with E-state index in [2.05, 4.69) is 10.1 Å². The number of esters is 1. The van der Waals surface area contributed by atoms with Gasteiger partial charge in [-0.05, 0) is 43.2 Å². The van der Waals surface area contributed by atoms with Gasteiger partial charge >= 0.3 is 5.97 Å². The maximum Gasteiger partial charge on any atom is 0.337 e. The second-order valence-corrected chi connectivity index (χ2v) is 8.65. The zero-order valence-corrected chi connectivity index (χ0v) is 18.0. The third-order valence-corrected chi connectivity index (χ3v) is 6.51. The molecule has 29 heavy (non-hydrogen) atoms. The van der Waals surface area contributed by atoms with Crippen LogP contribution >= 0.6 is 11.6 Å². The maximum atomic E-state index is 13.1. The lowest BCUT2D eigenvalue weighted by molar-refractivity contribution is -0.116. The van der Waals surface area contributed by atoms with Crippen molar-refractivity contribution < 1.29 is 22.7 Å². The van der Waals surface area contributed by atoms with Crippen LogP contribution in [0.4, 0.5) is 5.69 Å². The number of aryl methyl sites for hydroxylation is 1. The molecule has 0 saturated carbocycles. The minimum absolute atomic E-state index is 0.117. The first-order valence-electron chi connectivity index (χ1n) is 8.94. The number of nitrogens with zero attached hydrogens (tertiary/aromatic N) is 1. The number of ether oxygens (including phenoxy) is 1. The zero-order chi connectivity index (χ0) is 21.6. The highest BCUT2D eigenvalue weighted by Gasteiger charge is 2.28. The Labute approximate surface area is 175 Å². The van der Waals surface area contributed by atoms with Crippen molar-refractivity contribution in [2.75, 3.05) is 25.5 Å². The van der Waals surface area contributed by atoms with E-state index in [1.165, 1.54) is 25.3 Å². The molecular formula is C20H23ClN2O5S. The first-order chi connectivity index (χ1) is 13.7. The van der Waals surface area contributed by atoms with Gasteiger partial charge in [-0.1, -0.05) is 36.7 Å². The number of sulfonamides is 1. The Kier molecular flexibility index (Phi) is 7.78. The van der Waals surface area contributed by atoms with Crippen LogP contribution in [0.25, 0.3) is 0 Å². The summed E-state index contributed by atoms with van der Waals surface area (Å²) in [5.41, 5.74) is 1.62. The highest BCUT2D eigenvalue weighted by molar-refractivity contribution is 7.89. The van der Waals surface area contributed by atoms with Gasteiger partial charge in [-0.2, -0.15) is 4.31 Å². The predicted molar refractivity (Wildman–Crippen MR) is 112 cm³/mol. The van der Waals surface area contributed by atoms with Crippen LogP contribution in [0.1, 0.15) is 29.3 Å². The number of carbonyl (C=O) groups excluding carboxylic acids is 2. The molecule has 9 heteroatoms. The largest absolute Gasteiger partial charge is 0.465 e. The van der Waals surface area contributed by atoms with Gasteiger partial charge in [0.05, 0.1) is 24.2 Å². The summed E-state index contributed by atoms with van der Waals surface area (Å²) in [6, 6.07) is 11.0. The molecule has 1 amide bonds. The highest BCUT2D eigenvalue weighted by Crippen LogP contribution is 2.26. The fourth-order valence-electron chi connectivity index (χ4n) is 2.69. The summed E-state index contributed by atoms with van der Waals surface area (Å²) in [5, 5.41) is 2.61. The number of anilines is 1. The number of benzene rings is 2. The van der Waals surface area contributed by atoms with Crippen LogP contribution in [0.3, 0.4) is 0 Å². The molecule has 0 aliphatic carbocycles. The number of halogens is 1. The Morgan fingerprint density at radius 2 is 1.86 bits per heavy atom. The van der Waals surface area contributed by atoms with Crippen molar-refractivity contribution in [3.8, 4) is 0 Å². The molecule has 0 aliphatic heterocycles. The van der Waals surface area contributed by atoms with E-state index >= 15 is 0 Å². The van der Waals surface area contributed by atoms with E-state index in [0.29, 0.717) is 12.1 Å². The summed E-state index contributed by atoms with van der Waals surface area (Å²) in [6.07, 6.45) is 0.509. The van der Waals surface area contributed by atoms with E-state index in [4.69, 9.17) is 11.6 Å². The van der Waals surface area contributed by atoms with Crippen molar-refractivity contribution in [1.29, 1.82) is 0 Å². The van der Waals surface area contributed by atoms with Crippen LogP contribution < -0.4 is 5.32 Å². The van der Waals surface area contributed by atoms with E-state index < -0.39 is 21.9 Å². The number of rotatable bonds is 8. The van der Waals surface area contributed by atoms with Gasteiger partial charge in [-0.15, -0.1) is 0 Å². The van der Waals surface area contributed by atoms with Gasteiger partial charge in [0.15, 0.2) is 0 Å². The molecule has 2 aromatic rings. The topological polar surface area (TPSA) is 92.8 Å². The number of hydrogen-bond donors (Lipinski definition) is 1. The summed E-state index contributed by atoms with van der Waals surface area (Å²) < 4.78 is 31.9. The van der Waals surface area contributed by atoms with Crippen molar-refractivity contribution in [1.82, 2.24) is 4.31 Å². The van der Waals surface area contributed by atoms with Crippen molar-refractivity contribution in [3.63, 3.8) is 0 Å². The molecule has 0 spiro atoms. The lowest BCUT2D eigenvalue weighted by Crippen LogP contribution is -2.38. The smallest absolute Gasteiger partial charge is 0.337 e. The first kappa shape index (κ1) is 22.9. The third kappa shape index (κ3) is 5.56. The van der Waals surface area contributed by atoms with Crippen molar-refractivity contribution in [2.24, 2.45) is 0 Å². The summed E-state index contributed by atoms with van der Waals surface area (Å²) in [5.74, 6) is -1.09. The van der Waals surface area contributed by atoms with Crippen LogP contribution in [0.5, 0.6) is 0 Å². The standard InChI is InChI=1S/C20H23ClN2O5S/c1-4-11-23(13-19(24)22-17-8-6-5-7-14(17)2)29(26,27)18-10-9-15(12-16(18)21)20(25)28-3/h5-10,12H,4,11,13H2,1-3H3,(H,22,24). The van der Waals surface area contributed by atoms with Crippen LogP contribution in [-0.4, -0.2) is 44.8 Å². The van der Waals surface area contributed by atoms with Crippen LogP contribution in [0.2, 0.25) is 5.02 Å². The van der Waals surface area contributed by atoms with Crippen LogP contribution in [0.15, 0.2) is 47.4 Å². The third-order valence-electron chi connectivity index (χ3n) is 4.18. The Balaban J connectivity index is 2.27. The normalized spacial score (nSPS) is 11.3. The number of nitrogens with one attached hydrogen (secondary N) is 1. The van der Waals surface area contributed by atoms with E-state index in [9.17, 15) is 18.0 Å². The summed E-state index contributed by atoms with van der Waals surface area (Å²) >= 11 is 6.13. The molecule has 0 radical (unpaired) electrons. The molecular weight excluding hydrogens is 416 g/mol. The maximum absolute atomic E-state index is 13.1. The lowest BCUT2D eigenvalue weighted by Gasteiger charge is -2.22. The van der Waals surface area contributed by atoms with E-state index in [-0.39, 0.29) is 28.6 Å². The quantitative estimate of drug-likeness (QED) is 0.637. The minimum Gasteiger partial charge on any atom is -0.465 e. The van der Waals surface area contributed by atoms with Crippen LogP contribution in [0, 0.1) is 6.92 Å². The minimum atomic E-state index is -4.05. The highest BCUT2D eigenvalue weighted by atomic mass is 35.5. The predicted octanol–water partition coefficient (Wildman–Crippen LogP) is 3.47. The Morgan fingerprint density at radius 3 is 2.45 bits per heavy atom. The second kappa shape index (κ2) is 9.87. The van der Waals surface area contributed by atoms with Gasteiger partial charge in [0, 0.05) is 12.2 Å². The molecule has 0 saturated heterocycles. The van der Waals surface area contributed by atoms with Crippen molar-refractivity contribution in [2.45, 2.75) is 25.2 Å². The molecule has 2 aromatic carbocycles. The Hall–Kier alpha value is -2.42. The van der Waals surface area contributed by atoms with Gasteiger partial charge in [0.1, 0.15) is 4.90 Å². The average molecular weight is 439 g/mol. The molecule has 156 valence electrons. The van der Waals surface area contributed by atoms with Gasteiger partial charge in [-0.3, -0.25) is 4.79 Å². The number of carbonyl (C=O) groups is 2. The van der Waals surface area contributed by atoms with E-state index in [1.54, 1.807) is 12.1 Å². The number of methoxy groups -OCH3 is 1. The average Bonchev–Trinajstić information content (AvgIpc) is 2.68. The first-order valence-corrected chi connectivity index (χ1v) is 10.8. The molecule has 2 rings (SSSR count). The summed E-state index contributed by atoms with van der Waals surface area (Å²) in [6.45, 7) is 3.43. The van der Waals surface area contributed by atoms with Crippen LogP contribution in [-0.2, 0) is 19.6 Å². The molecule has 0 aromatic heterocycles. The Bertz CT molecular complexity index is 1010. The van der Waals surface area contributed by atoms with E-state index in [1.807, 2.05) is 26.0 Å². The van der Waals surface area contributed by atoms with Gasteiger partial charge in [-0.25, -0.2) is 13.2 Å². The fourth-order valence-corrected chi connectivity index (χ4v) is 4.70. The van der Waals surface area contributed by atoms with Gasteiger partial charge < -0.3 is 10.1 Å². The van der Waals surface area contributed by atoms with Crippen molar-refractivity contribution in [3.05, 3.63) is 58.6 Å². The van der Waals surface area contributed by atoms with Crippen molar-refractivity contribution >= 4 is 39.2 Å². The monoisotopic (exact) mass is 438 g/mol. The summed E-state index contributed by atoms with van der Waals surface area (Å²) in [4.78, 5) is 23.9. The molecule has 0 unspecified atom stereocenters. The molecule has 7 nitrogen and oxygen atoms in total. The second-order valence-electron chi connectivity index (χ2n) is 6.34. The van der Waals surface area contributed by atoms with Gasteiger partial charge in [0.2, 0.25) is 15.9 Å². The fraction of sp³-hybridized carbons (Fsp3) is 0.300.